The number of aromatic nitrogens is 3. The zero-order valence-corrected chi connectivity index (χ0v) is 22.6. The van der Waals surface area contributed by atoms with Gasteiger partial charge in [-0.25, -0.2) is 5.43 Å². The number of carbonyl (C=O) groups is 1. The number of nitrogens with zero attached hydrogens (tertiary/aromatic N) is 5. The Balaban J connectivity index is 1.45. The molecule has 4 rings (SSSR count). The van der Waals surface area contributed by atoms with Crippen molar-refractivity contribution in [2.45, 2.75) is 23.9 Å². The van der Waals surface area contributed by atoms with Gasteiger partial charge in [-0.1, -0.05) is 42.1 Å². The van der Waals surface area contributed by atoms with Crippen LogP contribution in [0.2, 0.25) is 0 Å². The van der Waals surface area contributed by atoms with Crippen LogP contribution >= 0.6 is 34.4 Å². The molecule has 0 saturated heterocycles. The highest BCUT2D eigenvalue weighted by atomic mass is 127. The number of amides is 1. The lowest BCUT2D eigenvalue weighted by molar-refractivity contribution is -0.384. The van der Waals surface area contributed by atoms with Crippen LogP contribution in [0.1, 0.15) is 18.3 Å². The SMILES string of the molecule is CC(Sc1nnc(CNc2ccc(I)cc2)n1-c1ccccc1)C(=O)NN=Cc1cccc([N+](=O)[O-])c1. The van der Waals surface area contributed by atoms with Gasteiger partial charge in [0.1, 0.15) is 0 Å². The van der Waals surface area contributed by atoms with Crippen molar-refractivity contribution in [3.63, 3.8) is 0 Å². The molecule has 2 N–H and O–H groups in total. The molecular weight excluding hydrogens is 605 g/mol. The largest absolute Gasteiger partial charge is 0.378 e. The first-order chi connectivity index (χ1) is 17.9. The molecule has 1 unspecified atom stereocenters. The first-order valence-electron chi connectivity index (χ1n) is 11.1. The highest BCUT2D eigenvalue weighted by molar-refractivity contribution is 14.1. The standard InChI is InChI=1S/C25H22IN7O3S/c1-17(24(34)30-28-15-18-6-5-9-22(14-18)33(35)36)37-25-31-29-23(32(25)21-7-3-2-4-8-21)16-27-20-12-10-19(26)11-13-20/h2-15,17,27H,16H2,1H3,(H,30,34). The molecule has 1 heterocycles. The number of nitro groups is 1. The number of rotatable bonds is 10. The third-order valence-corrected chi connectivity index (χ3v) is 6.89. The Labute approximate surface area is 230 Å². The molecule has 37 heavy (non-hydrogen) atoms. The van der Waals surface area contributed by atoms with Gasteiger partial charge < -0.3 is 5.32 Å². The van der Waals surface area contributed by atoms with E-state index in [1.54, 1.807) is 19.1 Å². The second-order valence-corrected chi connectivity index (χ2v) is 10.3. The Bertz CT molecular complexity index is 1410. The molecule has 0 saturated carbocycles. The second kappa shape index (κ2) is 12.5. The predicted octanol–water partition coefficient (Wildman–Crippen LogP) is 5.02. The normalized spacial score (nSPS) is 11.8. The number of anilines is 1. The van der Waals surface area contributed by atoms with E-state index in [4.69, 9.17) is 0 Å². The summed E-state index contributed by atoms with van der Waals surface area (Å²) < 4.78 is 3.07. The minimum Gasteiger partial charge on any atom is -0.378 e. The van der Waals surface area contributed by atoms with Gasteiger partial charge in [0.15, 0.2) is 11.0 Å². The Morgan fingerprint density at radius 2 is 1.89 bits per heavy atom. The summed E-state index contributed by atoms with van der Waals surface area (Å²) in [7, 11) is 0. The fourth-order valence-electron chi connectivity index (χ4n) is 3.27. The van der Waals surface area contributed by atoms with Crippen molar-refractivity contribution in [2.75, 3.05) is 5.32 Å². The molecule has 3 aromatic carbocycles. The van der Waals surface area contributed by atoms with Crippen LogP contribution in [-0.4, -0.2) is 37.1 Å². The predicted molar refractivity (Wildman–Crippen MR) is 152 cm³/mol. The van der Waals surface area contributed by atoms with E-state index < -0.39 is 10.2 Å². The fourth-order valence-corrected chi connectivity index (χ4v) is 4.51. The van der Waals surface area contributed by atoms with Crippen LogP contribution in [0.3, 0.4) is 0 Å². The molecule has 0 radical (unpaired) electrons. The van der Waals surface area contributed by atoms with E-state index in [1.165, 1.54) is 30.1 Å². The van der Waals surface area contributed by atoms with E-state index >= 15 is 0 Å². The summed E-state index contributed by atoms with van der Waals surface area (Å²) in [6, 6.07) is 23.7. The maximum absolute atomic E-state index is 12.7. The van der Waals surface area contributed by atoms with E-state index in [0.29, 0.717) is 23.1 Å². The topological polar surface area (TPSA) is 127 Å². The quantitative estimate of drug-likeness (QED) is 0.0831. The number of hydrazone groups is 1. The fraction of sp³-hybridized carbons (Fsp3) is 0.120. The van der Waals surface area contributed by atoms with Crippen molar-refractivity contribution in [3.05, 3.63) is 104 Å². The molecule has 0 aliphatic rings. The molecule has 0 spiro atoms. The zero-order chi connectivity index (χ0) is 26.2. The first-order valence-corrected chi connectivity index (χ1v) is 13.1. The van der Waals surface area contributed by atoms with E-state index in [0.717, 1.165) is 14.9 Å². The van der Waals surface area contributed by atoms with Gasteiger partial charge in [0.05, 0.1) is 22.9 Å². The summed E-state index contributed by atoms with van der Waals surface area (Å²) >= 11 is 3.52. The lowest BCUT2D eigenvalue weighted by Crippen LogP contribution is -2.27. The minimum absolute atomic E-state index is 0.0493. The summed E-state index contributed by atoms with van der Waals surface area (Å²) in [5, 5.41) is 27.0. The van der Waals surface area contributed by atoms with Crippen LogP contribution in [0.25, 0.3) is 5.69 Å². The van der Waals surface area contributed by atoms with Crippen molar-refractivity contribution in [3.8, 4) is 5.69 Å². The molecule has 12 heteroatoms. The molecule has 4 aromatic rings. The lowest BCUT2D eigenvalue weighted by atomic mass is 10.2. The Hall–Kier alpha value is -3.78. The number of nitro benzene ring substituents is 1. The van der Waals surface area contributed by atoms with Crippen LogP contribution in [-0.2, 0) is 11.3 Å². The number of benzene rings is 3. The molecule has 10 nitrogen and oxygen atoms in total. The van der Waals surface area contributed by atoms with Gasteiger partial charge in [-0.2, -0.15) is 5.10 Å². The Kier molecular flexibility index (Phi) is 8.85. The van der Waals surface area contributed by atoms with Crippen molar-refractivity contribution in [1.82, 2.24) is 20.2 Å². The van der Waals surface area contributed by atoms with Crippen molar-refractivity contribution < 1.29 is 9.72 Å². The summed E-state index contributed by atoms with van der Waals surface area (Å²) in [6.45, 7) is 2.19. The second-order valence-electron chi connectivity index (χ2n) is 7.78. The molecule has 1 aromatic heterocycles. The van der Waals surface area contributed by atoms with Crippen molar-refractivity contribution >= 4 is 57.8 Å². The Morgan fingerprint density at radius 1 is 1.14 bits per heavy atom. The highest BCUT2D eigenvalue weighted by Gasteiger charge is 2.21. The maximum Gasteiger partial charge on any atom is 0.270 e. The number of thioether (sulfide) groups is 1. The highest BCUT2D eigenvalue weighted by Crippen LogP contribution is 2.26. The molecule has 188 valence electrons. The van der Waals surface area contributed by atoms with Gasteiger partial charge in [0.2, 0.25) is 0 Å². The molecule has 1 amide bonds. The summed E-state index contributed by atoms with van der Waals surface area (Å²) in [4.78, 5) is 23.1. The van der Waals surface area contributed by atoms with E-state index in [-0.39, 0.29) is 11.6 Å². The number of non-ortho nitro benzene ring substituents is 1. The smallest absolute Gasteiger partial charge is 0.270 e. The van der Waals surface area contributed by atoms with Crippen LogP contribution in [0, 0.1) is 13.7 Å². The van der Waals surface area contributed by atoms with Crippen LogP contribution in [0.5, 0.6) is 0 Å². The molecule has 0 aliphatic carbocycles. The summed E-state index contributed by atoms with van der Waals surface area (Å²) in [5.41, 5.74) is 4.79. The summed E-state index contributed by atoms with van der Waals surface area (Å²) in [5.74, 6) is 0.358. The Morgan fingerprint density at radius 3 is 2.62 bits per heavy atom. The van der Waals surface area contributed by atoms with Gasteiger partial charge in [-0.3, -0.25) is 19.5 Å². The van der Waals surface area contributed by atoms with Crippen LogP contribution in [0.4, 0.5) is 11.4 Å². The van der Waals surface area contributed by atoms with Gasteiger partial charge in [0.25, 0.3) is 11.6 Å². The van der Waals surface area contributed by atoms with E-state index in [2.05, 4.69) is 48.6 Å². The number of hydrogen-bond acceptors (Lipinski definition) is 8. The third-order valence-electron chi connectivity index (χ3n) is 5.13. The van der Waals surface area contributed by atoms with Gasteiger partial charge in [0, 0.05) is 32.6 Å². The molecule has 1 atom stereocenters. The van der Waals surface area contributed by atoms with Gasteiger partial charge >= 0.3 is 0 Å². The minimum atomic E-state index is -0.536. The van der Waals surface area contributed by atoms with Crippen molar-refractivity contribution in [2.24, 2.45) is 5.10 Å². The van der Waals surface area contributed by atoms with Gasteiger partial charge in [-0.05, 0) is 65.9 Å². The number of hydrogen-bond donors (Lipinski definition) is 2. The number of halogens is 1. The molecule has 0 aliphatic heterocycles. The molecule has 0 bridgehead atoms. The van der Waals surface area contributed by atoms with Gasteiger partial charge in [-0.15, -0.1) is 10.2 Å². The van der Waals surface area contributed by atoms with Crippen molar-refractivity contribution in [1.29, 1.82) is 0 Å². The van der Waals surface area contributed by atoms with E-state index in [9.17, 15) is 14.9 Å². The van der Waals surface area contributed by atoms with Crippen LogP contribution in [0.15, 0.2) is 89.1 Å². The first kappa shape index (κ1) is 26.3. The van der Waals surface area contributed by atoms with E-state index in [1.807, 2.05) is 59.2 Å². The van der Waals surface area contributed by atoms with Crippen LogP contribution < -0.4 is 10.7 Å². The molecule has 0 fully saturated rings. The third kappa shape index (κ3) is 7.13. The summed E-state index contributed by atoms with van der Waals surface area (Å²) in [6.07, 6.45) is 1.36. The number of nitrogens with one attached hydrogen (secondary N) is 2. The lowest BCUT2D eigenvalue weighted by Gasteiger charge is -2.13. The number of para-hydroxylation sites is 1. The average Bonchev–Trinajstić information content (AvgIpc) is 3.31. The number of carbonyl (C=O) groups excluding carboxylic acids is 1. The maximum atomic E-state index is 12.7. The molecular formula is C25H22IN7O3S. The zero-order valence-electron chi connectivity index (χ0n) is 19.6. The monoisotopic (exact) mass is 627 g/mol. The average molecular weight is 627 g/mol.